The summed E-state index contributed by atoms with van der Waals surface area (Å²) in [6.45, 7) is 0.783. The molecule has 3 heterocycles. The summed E-state index contributed by atoms with van der Waals surface area (Å²) >= 11 is 0. The van der Waals surface area contributed by atoms with Crippen molar-refractivity contribution in [1.29, 1.82) is 0 Å². The zero-order chi connectivity index (χ0) is 17.1. The van der Waals surface area contributed by atoms with Gasteiger partial charge in [-0.1, -0.05) is 12.1 Å². The number of rotatable bonds is 5. The lowest BCUT2D eigenvalue weighted by molar-refractivity contribution is 0.415. The molecule has 0 saturated heterocycles. The highest BCUT2D eigenvalue weighted by Crippen LogP contribution is 2.26. The minimum atomic E-state index is 0.783. The van der Waals surface area contributed by atoms with Crippen molar-refractivity contribution in [2.75, 3.05) is 7.11 Å². The maximum absolute atomic E-state index is 5.33. The Kier molecular flexibility index (Phi) is 4.12. The van der Waals surface area contributed by atoms with E-state index in [-0.39, 0.29) is 0 Å². The first-order valence-electron chi connectivity index (χ1n) is 8.21. The SMILES string of the molecule is COc1ccc2c(c1)nc(-c1ccccn1)n2CCc1ccccn1. The van der Waals surface area contributed by atoms with Gasteiger partial charge in [-0.3, -0.25) is 9.97 Å². The molecule has 124 valence electrons. The zero-order valence-electron chi connectivity index (χ0n) is 14.0. The van der Waals surface area contributed by atoms with Crippen LogP contribution >= 0.6 is 0 Å². The summed E-state index contributed by atoms with van der Waals surface area (Å²) in [5.74, 6) is 1.66. The molecule has 0 saturated carbocycles. The van der Waals surface area contributed by atoms with Crippen LogP contribution in [0.15, 0.2) is 67.0 Å². The molecular weight excluding hydrogens is 312 g/mol. The van der Waals surface area contributed by atoms with Crippen molar-refractivity contribution in [3.05, 3.63) is 72.7 Å². The Labute approximate surface area is 146 Å². The topological polar surface area (TPSA) is 52.8 Å². The van der Waals surface area contributed by atoms with E-state index in [0.717, 1.165) is 47.0 Å². The molecule has 0 bridgehead atoms. The van der Waals surface area contributed by atoms with Crippen LogP contribution in [0.5, 0.6) is 5.75 Å². The molecule has 0 spiro atoms. The number of nitrogens with zero attached hydrogens (tertiary/aromatic N) is 4. The highest BCUT2D eigenvalue weighted by atomic mass is 16.5. The molecule has 0 unspecified atom stereocenters. The summed E-state index contributed by atoms with van der Waals surface area (Å²) in [5.41, 5.74) is 3.89. The van der Waals surface area contributed by atoms with Crippen LogP contribution < -0.4 is 4.74 Å². The molecule has 0 aliphatic rings. The lowest BCUT2D eigenvalue weighted by Crippen LogP contribution is -2.05. The predicted octanol–water partition coefficient (Wildman–Crippen LogP) is 3.74. The van der Waals surface area contributed by atoms with Crippen molar-refractivity contribution in [3.8, 4) is 17.3 Å². The van der Waals surface area contributed by atoms with Gasteiger partial charge in [0.25, 0.3) is 0 Å². The van der Waals surface area contributed by atoms with Crippen LogP contribution in [0, 0.1) is 0 Å². The standard InChI is InChI=1S/C20H18N4O/c1-25-16-8-9-19-18(14-16)23-20(17-7-3-5-12-22-17)24(19)13-10-15-6-2-4-11-21-15/h2-9,11-12,14H,10,13H2,1H3. The number of methoxy groups -OCH3 is 1. The molecule has 0 aliphatic carbocycles. The van der Waals surface area contributed by atoms with Crippen LogP contribution in [-0.4, -0.2) is 26.6 Å². The Morgan fingerprint density at radius 1 is 0.960 bits per heavy atom. The quantitative estimate of drug-likeness (QED) is 0.559. The second-order valence-electron chi connectivity index (χ2n) is 5.73. The normalized spacial score (nSPS) is 10.9. The molecule has 1 aromatic carbocycles. The zero-order valence-corrected chi connectivity index (χ0v) is 14.0. The van der Waals surface area contributed by atoms with Gasteiger partial charge < -0.3 is 9.30 Å². The van der Waals surface area contributed by atoms with E-state index in [1.165, 1.54) is 0 Å². The van der Waals surface area contributed by atoms with Crippen molar-refractivity contribution in [2.45, 2.75) is 13.0 Å². The smallest absolute Gasteiger partial charge is 0.159 e. The largest absolute Gasteiger partial charge is 0.497 e. The molecule has 0 atom stereocenters. The summed E-state index contributed by atoms with van der Waals surface area (Å²) in [6, 6.07) is 17.8. The van der Waals surface area contributed by atoms with Crippen LogP contribution in [0.25, 0.3) is 22.6 Å². The molecule has 4 aromatic rings. The lowest BCUT2D eigenvalue weighted by atomic mass is 10.2. The third kappa shape index (κ3) is 3.08. The van der Waals surface area contributed by atoms with Crippen LogP contribution in [0.2, 0.25) is 0 Å². The molecule has 4 rings (SSSR count). The van der Waals surface area contributed by atoms with Gasteiger partial charge >= 0.3 is 0 Å². The van der Waals surface area contributed by atoms with Crippen molar-refractivity contribution >= 4 is 11.0 Å². The van der Waals surface area contributed by atoms with Crippen molar-refractivity contribution in [2.24, 2.45) is 0 Å². The highest BCUT2D eigenvalue weighted by Gasteiger charge is 2.14. The number of aryl methyl sites for hydroxylation is 2. The van der Waals surface area contributed by atoms with Gasteiger partial charge in [-0.2, -0.15) is 0 Å². The number of imidazole rings is 1. The molecular formula is C20H18N4O. The number of aromatic nitrogens is 4. The molecule has 0 amide bonds. The van der Waals surface area contributed by atoms with Crippen molar-refractivity contribution < 1.29 is 4.74 Å². The first-order chi connectivity index (χ1) is 12.3. The van der Waals surface area contributed by atoms with Gasteiger partial charge in [0, 0.05) is 37.1 Å². The molecule has 0 radical (unpaired) electrons. The van der Waals surface area contributed by atoms with Gasteiger partial charge in [0.1, 0.15) is 11.4 Å². The van der Waals surface area contributed by atoms with Gasteiger partial charge in [0.05, 0.1) is 18.1 Å². The molecule has 3 aromatic heterocycles. The minimum absolute atomic E-state index is 0.783. The fraction of sp³-hybridized carbons (Fsp3) is 0.150. The van der Waals surface area contributed by atoms with E-state index in [2.05, 4.69) is 14.5 Å². The third-order valence-corrected chi connectivity index (χ3v) is 4.17. The second-order valence-corrected chi connectivity index (χ2v) is 5.73. The monoisotopic (exact) mass is 330 g/mol. The van der Waals surface area contributed by atoms with Crippen LogP contribution in [-0.2, 0) is 13.0 Å². The first-order valence-corrected chi connectivity index (χ1v) is 8.21. The summed E-state index contributed by atoms with van der Waals surface area (Å²) in [4.78, 5) is 13.7. The Hall–Kier alpha value is -3.21. The van der Waals surface area contributed by atoms with Gasteiger partial charge in [-0.25, -0.2) is 4.98 Å². The molecule has 0 fully saturated rings. The van der Waals surface area contributed by atoms with Gasteiger partial charge in [0.2, 0.25) is 0 Å². The average Bonchev–Trinajstić information content (AvgIpc) is 3.05. The lowest BCUT2D eigenvalue weighted by Gasteiger charge is -2.09. The van der Waals surface area contributed by atoms with Crippen molar-refractivity contribution in [1.82, 2.24) is 19.5 Å². The van der Waals surface area contributed by atoms with Gasteiger partial charge in [0.15, 0.2) is 5.82 Å². The maximum atomic E-state index is 5.33. The van der Waals surface area contributed by atoms with E-state index in [1.807, 2.05) is 60.8 Å². The molecule has 0 aliphatic heterocycles. The molecule has 5 nitrogen and oxygen atoms in total. The predicted molar refractivity (Wildman–Crippen MR) is 97.5 cm³/mol. The van der Waals surface area contributed by atoms with E-state index in [4.69, 9.17) is 9.72 Å². The summed E-state index contributed by atoms with van der Waals surface area (Å²) in [5, 5.41) is 0. The number of pyridine rings is 2. The second kappa shape index (κ2) is 6.73. The summed E-state index contributed by atoms with van der Waals surface area (Å²) in [6.07, 6.45) is 4.45. The highest BCUT2D eigenvalue weighted by molar-refractivity contribution is 5.81. The third-order valence-electron chi connectivity index (χ3n) is 4.17. The molecule has 25 heavy (non-hydrogen) atoms. The van der Waals surface area contributed by atoms with Gasteiger partial charge in [-0.15, -0.1) is 0 Å². The van der Waals surface area contributed by atoms with Crippen LogP contribution in [0.4, 0.5) is 0 Å². The number of fused-ring (bicyclic) bond motifs is 1. The van der Waals surface area contributed by atoms with E-state index >= 15 is 0 Å². The number of benzene rings is 1. The number of hydrogen-bond donors (Lipinski definition) is 0. The van der Waals surface area contributed by atoms with Crippen LogP contribution in [0.1, 0.15) is 5.69 Å². The Morgan fingerprint density at radius 3 is 2.52 bits per heavy atom. The van der Waals surface area contributed by atoms with Crippen molar-refractivity contribution in [3.63, 3.8) is 0 Å². The summed E-state index contributed by atoms with van der Waals surface area (Å²) in [7, 11) is 1.67. The Bertz CT molecular complexity index is 981. The summed E-state index contributed by atoms with van der Waals surface area (Å²) < 4.78 is 7.53. The van der Waals surface area contributed by atoms with E-state index < -0.39 is 0 Å². The first kappa shape index (κ1) is 15.3. The van der Waals surface area contributed by atoms with Crippen LogP contribution in [0.3, 0.4) is 0 Å². The number of ether oxygens (including phenoxy) is 1. The molecule has 0 N–H and O–H groups in total. The fourth-order valence-electron chi connectivity index (χ4n) is 2.93. The van der Waals surface area contributed by atoms with E-state index in [0.29, 0.717) is 0 Å². The average molecular weight is 330 g/mol. The Morgan fingerprint density at radius 2 is 1.80 bits per heavy atom. The fourth-order valence-corrected chi connectivity index (χ4v) is 2.93. The molecule has 5 heteroatoms. The minimum Gasteiger partial charge on any atom is -0.497 e. The Balaban J connectivity index is 1.79. The van der Waals surface area contributed by atoms with E-state index in [1.54, 1.807) is 13.3 Å². The maximum Gasteiger partial charge on any atom is 0.159 e. The van der Waals surface area contributed by atoms with E-state index in [9.17, 15) is 0 Å². The van der Waals surface area contributed by atoms with Gasteiger partial charge in [-0.05, 0) is 36.4 Å². The number of hydrogen-bond acceptors (Lipinski definition) is 4.